The predicted octanol–water partition coefficient (Wildman–Crippen LogP) is 6.25. The monoisotopic (exact) mass is 566 g/mol. The number of nitrogens with zero attached hydrogens (tertiary/aromatic N) is 2. The van der Waals surface area contributed by atoms with Crippen LogP contribution in [0.4, 0.5) is 23.7 Å². The molecule has 7 nitrogen and oxygen atoms in total. The molecule has 216 valence electrons. The van der Waals surface area contributed by atoms with Crippen molar-refractivity contribution < 1.29 is 27.5 Å². The van der Waals surface area contributed by atoms with Gasteiger partial charge in [-0.25, -0.2) is 4.79 Å². The van der Waals surface area contributed by atoms with Gasteiger partial charge < -0.3 is 24.8 Å². The van der Waals surface area contributed by atoms with Gasteiger partial charge in [0.25, 0.3) is 0 Å². The summed E-state index contributed by atoms with van der Waals surface area (Å²) in [6.45, 7) is 2.49. The summed E-state index contributed by atoms with van der Waals surface area (Å²) in [5.74, 6) is -0.333. The Morgan fingerprint density at radius 2 is 1.71 bits per heavy atom. The Labute approximate surface area is 236 Å². The number of aryl methyl sites for hydroxylation is 1. The average Bonchev–Trinajstić information content (AvgIpc) is 3.36. The Bertz CT molecular complexity index is 1470. The molecule has 0 aliphatic carbocycles. The van der Waals surface area contributed by atoms with Crippen molar-refractivity contribution in [3.05, 3.63) is 101 Å². The van der Waals surface area contributed by atoms with E-state index < -0.39 is 17.8 Å². The molecule has 41 heavy (non-hydrogen) atoms. The van der Waals surface area contributed by atoms with Gasteiger partial charge in [0.2, 0.25) is 5.91 Å². The summed E-state index contributed by atoms with van der Waals surface area (Å²) in [6, 6.07) is 19.5. The van der Waals surface area contributed by atoms with Gasteiger partial charge in [0.1, 0.15) is 6.54 Å². The topological polar surface area (TPSA) is 77.7 Å². The van der Waals surface area contributed by atoms with E-state index in [1.54, 1.807) is 11.0 Å². The van der Waals surface area contributed by atoms with E-state index >= 15 is 0 Å². The highest BCUT2D eigenvalue weighted by Gasteiger charge is 2.30. The van der Waals surface area contributed by atoms with Crippen LogP contribution >= 0.6 is 0 Å². The Hall–Kier alpha value is -4.31. The number of carbonyl (C=O) groups excluding carboxylic acids is 2. The van der Waals surface area contributed by atoms with Crippen molar-refractivity contribution in [2.45, 2.75) is 26.1 Å². The number of H-pyrrole nitrogens is 1. The molecule has 0 saturated heterocycles. The van der Waals surface area contributed by atoms with Gasteiger partial charge in [-0.1, -0.05) is 42.5 Å². The SMILES string of the molecule is COCCN(CC(=O)N(CCc1c[nH]c2ccccc12)Cc1ccc(C(F)(F)F)cc1)C(=O)Nc1cccc(C)c1. The van der Waals surface area contributed by atoms with Crippen LogP contribution < -0.4 is 5.32 Å². The zero-order chi connectivity index (χ0) is 29.4. The number of amides is 3. The van der Waals surface area contributed by atoms with Gasteiger partial charge in [-0.15, -0.1) is 0 Å². The smallest absolute Gasteiger partial charge is 0.383 e. The van der Waals surface area contributed by atoms with E-state index in [2.05, 4.69) is 10.3 Å². The quantitative estimate of drug-likeness (QED) is 0.225. The first-order chi connectivity index (χ1) is 19.6. The van der Waals surface area contributed by atoms with Crippen molar-refractivity contribution in [1.82, 2.24) is 14.8 Å². The number of aromatic nitrogens is 1. The van der Waals surface area contributed by atoms with Crippen molar-refractivity contribution in [2.75, 3.05) is 38.7 Å². The fraction of sp³-hybridized carbons (Fsp3) is 0.290. The lowest BCUT2D eigenvalue weighted by Gasteiger charge is -2.28. The molecular formula is C31H33F3N4O3. The number of rotatable bonds is 11. The Kier molecular flexibility index (Phi) is 9.67. The van der Waals surface area contributed by atoms with Crippen LogP contribution in [0.25, 0.3) is 10.9 Å². The molecule has 0 radical (unpaired) electrons. The Morgan fingerprint density at radius 1 is 0.951 bits per heavy atom. The van der Waals surface area contributed by atoms with Gasteiger partial charge in [0.15, 0.2) is 0 Å². The molecule has 0 saturated carbocycles. The van der Waals surface area contributed by atoms with Gasteiger partial charge in [-0.05, 0) is 60.4 Å². The summed E-state index contributed by atoms with van der Waals surface area (Å²) < 4.78 is 44.4. The number of aromatic amines is 1. The summed E-state index contributed by atoms with van der Waals surface area (Å²) in [5.41, 5.74) is 3.36. The number of urea groups is 1. The first-order valence-electron chi connectivity index (χ1n) is 13.2. The molecule has 0 aliphatic heterocycles. The average molecular weight is 567 g/mol. The third kappa shape index (κ3) is 8.11. The van der Waals surface area contributed by atoms with Crippen LogP contribution in [0, 0.1) is 6.92 Å². The van der Waals surface area contributed by atoms with E-state index in [1.807, 2.05) is 55.6 Å². The fourth-order valence-electron chi connectivity index (χ4n) is 4.55. The molecule has 0 fully saturated rings. The number of carbonyl (C=O) groups is 2. The van der Waals surface area contributed by atoms with Crippen LogP contribution in [0.5, 0.6) is 0 Å². The molecule has 1 aromatic heterocycles. The second kappa shape index (κ2) is 13.4. The zero-order valence-corrected chi connectivity index (χ0v) is 23.0. The molecule has 0 spiro atoms. The van der Waals surface area contributed by atoms with Crippen LogP contribution in [0.1, 0.15) is 22.3 Å². The number of hydrogen-bond acceptors (Lipinski definition) is 3. The van der Waals surface area contributed by atoms with Gasteiger partial charge >= 0.3 is 12.2 Å². The van der Waals surface area contributed by atoms with E-state index in [0.29, 0.717) is 24.2 Å². The summed E-state index contributed by atoms with van der Waals surface area (Å²) >= 11 is 0. The van der Waals surface area contributed by atoms with E-state index in [0.717, 1.165) is 34.2 Å². The number of para-hydroxylation sites is 1. The molecule has 3 aromatic carbocycles. The highest BCUT2D eigenvalue weighted by atomic mass is 19.4. The molecule has 2 N–H and O–H groups in total. The largest absolute Gasteiger partial charge is 0.416 e. The first-order valence-corrected chi connectivity index (χ1v) is 13.2. The molecule has 0 aliphatic rings. The maximum atomic E-state index is 13.7. The second-order valence-corrected chi connectivity index (χ2v) is 9.83. The number of alkyl halides is 3. The number of hydrogen-bond donors (Lipinski definition) is 2. The normalized spacial score (nSPS) is 11.4. The maximum Gasteiger partial charge on any atom is 0.416 e. The lowest BCUT2D eigenvalue weighted by atomic mass is 10.1. The number of benzene rings is 3. The van der Waals surface area contributed by atoms with E-state index in [-0.39, 0.29) is 32.1 Å². The van der Waals surface area contributed by atoms with E-state index in [9.17, 15) is 22.8 Å². The zero-order valence-electron chi connectivity index (χ0n) is 23.0. The van der Waals surface area contributed by atoms with Crippen molar-refractivity contribution in [2.24, 2.45) is 0 Å². The molecule has 10 heteroatoms. The van der Waals surface area contributed by atoms with Crippen molar-refractivity contribution in [3.63, 3.8) is 0 Å². The van der Waals surface area contributed by atoms with Gasteiger partial charge in [0.05, 0.1) is 12.2 Å². The summed E-state index contributed by atoms with van der Waals surface area (Å²) in [6.07, 6.45) is -2.04. The molecule has 3 amide bonds. The second-order valence-electron chi connectivity index (χ2n) is 9.83. The van der Waals surface area contributed by atoms with Crippen molar-refractivity contribution >= 4 is 28.5 Å². The van der Waals surface area contributed by atoms with Crippen molar-refractivity contribution in [1.29, 1.82) is 0 Å². The van der Waals surface area contributed by atoms with E-state index in [4.69, 9.17) is 4.74 Å². The third-order valence-corrected chi connectivity index (χ3v) is 6.78. The van der Waals surface area contributed by atoms with Crippen LogP contribution in [-0.4, -0.2) is 60.1 Å². The molecule has 0 atom stereocenters. The van der Waals surface area contributed by atoms with Gasteiger partial charge in [0, 0.05) is 49.5 Å². The lowest BCUT2D eigenvalue weighted by Crippen LogP contribution is -2.46. The summed E-state index contributed by atoms with van der Waals surface area (Å²) in [7, 11) is 1.51. The van der Waals surface area contributed by atoms with Crippen LogP contribution in [0.15, 0.2) is 79.0 Å². The summed E-state index contributed by atoms with van der Waals surface area (Å²) in [4.78, 5) is 33.0. The minimum atomic E-state index is -4.45. The minimum Gasteiger partial charge on any atom is -0.383 e. The molecule has 4 aromatic rings. The van der Waals surface area contributed by atoms with Crippen LogP contribution in [0.2, 0.25) is 0 Å². The molecule has 0 bridgehead atoms. The highest BCUT2D eigenvalue weighted by molar-refractivity contribution is 5.92. The lowest BCUT2D eigenvalue weighted by molar-refractivity contribution is -0.137. The molecule has 0 unspecified atom stereocenters. The number of ether oxygens (including phenoxy) is 1. The van der Waals surface area contributed by atoms with Crippen LogP contribution in [0.3, 0.4) is 0 Å². The summed E-state index contributed by atoms with van der Waals surface area (Å²) in [5, 5.41) is 3.87. The number of methoxy groups -OCH3 is 1. The molecule has 4 rings (SSSR count). The Balaban J connectivity index is 1.53. The number of halogens is 3. The van der Waals surface area contributed by atoms with Crippen LogP contribution in [-0.2, 0) is 28.7 Å². The van der Waals surface area contributed by atoms with E-state index in [1.165, 1.54) is 24.1 Å². The predicted molar refractivity (Wildman–Crippen MR) is 153 cm³/mol. The number of fused-ring (bicyclic) bond motifs is 1. The fourth-order valence-corrected chi connectivity index (χ4v) is 4.55. The molecular weight excluding hydrogens is 533 g/mol. The Morgan fingerprint density at radius 3 is 2.41 bits per heavy atom. The van der Waals surface area contributed by atoms with Gasteiger partial charge in [-0.2, -0.15) is 13.2 Å². The van der Waals surface area contributed by atoms with Crippen molar-refractivity contribution in [3.8, 4) is 0 Å². The standard InChI is InChI=1S/C31H33F3N4O3/c1-22-6-5-7-26(18-22)36-30(40)38(16-17-41-2)21-29(39)37(20-23-10-12-25(13-11-23)31(32,33)34)15-14-24-19-35-28-9-4-3-8-27(24)28/h3-13,18-19,35H,14-17,20-21H2,1-2H3,(H,36,40). The maximum absolute atomic E-state index is 13.7. The minimum absolute atomic E-state index is 0.0942. The number of nitrogens with one attached hydrogen (secondary N) is 2. The third-order valence-electron chi connectivity index (χ3n) is 6.78. The highest BCUT2D eigenvalue weighted by Crippen LogP contribution is 2.29. The number of anilines is 1. The van der Waals surface area contributed by atoms with Gasteiger partial charge in [-0.3, -0.25) is 4.79 Å². The first kappa shape index (κ1) is 29.7. The molecule has 1 heterocycles.